The highest BCUT2D eigenvalue weighted by atomic mass is 127. The third-order valence-electron chi connectivity index (χ3n) is 4.30. The van der Waals surface area contributed by atoms with Crippen LogP contribution in [0, 0.1) is 11.3 Å². The Hall–Kier alpha value is -0.300. The normalized spacial score (nSPS) is 22.2. The fourth-order valence-corrected chi connectivity index (χ4v) is 3.20. The van der Waals surface area contributed by atoms with Crippen LogP contribution in [-0.4, -0.2) is 50.8 Å². The molecule has 0 aromatic rings. The highest BCUT2D eigenvalue weighted by Gasteiger charge is 2.35. The van der Waals surface area contributed by atoms with Gasteiger partial charge in [-0.25, -0.2) is 0 Å². The van der Waals surface area contributed by atoms with E-state index in [9.17, 15) is 0 Å². The van der Waals surface area contributed by atoms with Crippen LogP contribution in [0.25, 0.3) is 0 Å². The molecule has 1 fully saturated rings. The summed E-state index contributed by atoms with van der Waals surface area (Å²) in [5.41, 5.74) is 0.187. The molecule has 0 amide bonds. The van der Waals surface area contributed by atoms with Crippen LogP contribution >= 0.6 is 24.0 Å². The number of ether oxygens (including phenoxy) is 1. The predicted molar refractivity (Wildman–Crippen MR) is 111 cm³/mol. The Balaban J connectivity index is 0.00000484. The summed E-state index contributed by atoms with van der Waals surface area (Å²) in [6.07, 6.45) is 6.83. The van der Waals surface area contributed by atoms with Gasteiger partial charge >= 0.3 is 0 Å². The summed E-state index contributed by atoms with van der Waals surface area (Å²) in [6.45, 7) is 13.4. The fraction of sp³-hybridized carbons (Fsp3) is 0.833. The monoisotopic (exact) mass is 437 g/mol. The zero-order valence-electron chi connectivity index (χ0n) is 15.6. The molecule has 23 heavy (non-hydrogen) atoms. The summed E-state index contributed by atoms with van der Waals surface area (Å²) in [4.78, 5) is 6.60. The van der Waals surface area contributed by atoms with Crippen molar-refractivity contribution in [3.05, 3.63) is 12.7 Å². The summed E-state index contributed by atoms with van der Waals surface area (Å²) in [6, 6.07) is 0. The first-order valence-corrected chi connectivity index (χ1v) is 8.54. The van der Waals surface area contributed by atoms with E-state index in [-0.39, 0.29) is 29.4 Å². The van der Waals surface area contributed by atoms with Gasteiger partial charge in [0.1, 0.15) is 0 Å². The average molecular weight is 437 g/mol. The van der Waals surface area contributed by atoms with Gasteiger partial charge in [-0.3, -0.25) is 4.99 Å². The Morgan fingerprint density at radius 1 is 1.43 bits per heavy atom. The molecule has 5 heteroatoms. The van der Waals surface area contributed by atoms with Gasteiger partial charge in [-0.1, -0.05) is 26.8 Å². The van der Waals surface area contributed by atoms with Crippen molar-refractivity contribution in [2.45, 2.75) is 52.6 Å². The number of rotatable bonds is 6. The molecule has 1 heterocycles. The molecule has 0 bridgehead atoms. The van der Waals surface area contributed by atoms with Gasteiger partial charge in [-0.2, -0.15) is 0 Å². The van der Waals surface area contributed by atoms with E-state index >= 15 is 0 Å². The number of aliphatic imine (C=N–C) groups is 1. The van der Waals surface area contributed by atoms with E-state index in [1.165, 1.54) is 6.42 Å². The van der Waals surface area contributed by atoms with E-state index in [2.05, 4.69) is 49.6 Å². The Bertz CT molecular complexity index is 366. The lowest BCUT2D eigenvalue weighted by molar-refractivity contribution is -0.0836. The number of hydrogen-bond acceptors (Lipinski definition) is 2. The van der Waals surface area contributed by atoms with Crippen LogP contribution in [0.4, 0.5) is 0 Å². The highest BCUT2D eigenvalue weighted by Crippen LogP contribution is 2.33. The first-order chi connectivity index (χ1) is 10.4. The molecule has 0 aromatic heterocycles. The molecule has 1 rings (SSSR count). The Labute approximate surface area is 160 Å². The summed E-state index contributed by atoms with van der Waals surface area (Å²) in [5, 5.41) is 3.54. The number of allylic oxidation sites excluding steroid dienone is 1. The van der Waals surface area contributed by atoms with Gasteiger partial charge in [0, 0.05) is 39.7 Å². The molecular weight excluding hydrogens is 401 g/mol. The molecule has 136 valence electrons. The number of hydrogen-bond donors (Lipinski definition) is 1. The maximum Gasteiger partial charge on any atom is 0.193 e. The van der Waals surface area contributed by atoms with Gasteiger partial charge in [-0.05, 0) is 31.1 Å². The van der Waals surface area contributed by atoms with Crippen molar-refractivity contribution in [3.8, 4) is 0 Å². The van der Waals surface area contributed by atoms with Crippen molar-refractivity contribution < 1.29 is 4.74 Å². The largest absolute Gasteiger partial charge is 0.377 e. The predicted octanol–water partition coefficient (Wildman–Crippen LogP) is 3.92. The summed E-state index contributed by atoms with van der Waals surface area (Å²) < 4.78 is 6.06. The minimum atomic E-state index is 0. The van der Waals surface area contributed by atoms with Crippen molar-refractivity contribution in [1.82, 2.24) is 10.2 Å². The molecule has 0 saturated carbocycles. The van der Waals surface area contributed by atoms with Gasteiger partial charge in [0.25, 0.3) is 0 Å². The van der Waals surface area contributed by atoms with Crippen LogP contribution in [0.2, 0.25) is 0 Å². The first kappa shape index (κ1) is 22.7. The van der Waals surface area contributed by atoms with Crippen LogP contribution in [0.15, 0.2) is 17.6 Å². The van der Waals surface area contributed by atoms with E-state index < -0.39 is 0 Å². The number of guanidine groups is 1. The number of unbranched alkanes of at least 4 members (excludes halogenated alkanes) is 1. The lowest BCUT2D eigenvalue weighted by Gasteiger charge is -2.40. The molecule has 2 unspecified atom stereocenters. The Morgan fingerprint density at radius 2 is 2.13 bits per heavy atom. The minimum absolute atomic E-state index is 0. The molecule has 0 aromatic carbocycles. The average Bonchev–Trinajstić information content (AvgIpc) is 2.47. The molecule has 0 radical (unpaired) electrons. The van der Waals surface area contributed by atoms with Gasteiger partial charge in [0.15, 0.2) is 5.96 Å². The summed E-state index contributed by atoms with van der Waals surface area (Å²) in [5.74, 6) is 1.52. The molecule has 1 aliphatic rings. The van der Waals surface area contributed by atoms with E-state index in [0.717, 1.165) is 44.9 Å². The standard InChI is InChI=1S/C18H35N3O.HI/c1-7-8-9-12-21(6)17(19-5)20-14-15-11-10-13-22-16(15)18(2,3)4;/h7,15-16H,1,8-14H2,2-6H3,(H,19,20);1H. The van der Waals surface area contributed by atoms with Gasteiger partial charge in [-0.15, -0.1) is 30.6 Å². The number of nitrogens with zero attached hydrogens (tertiary/aromatic N) is 2. The smallest absolute Gasteiger partial charge is 0.193 e. The molecule has 1 saturated heterocycles. The third-order valence-corrected chi connectivity index (χ3v) is 4.30. The lowest BCUT2D eigenvalue weighted by Crippen LogP contribution is -2.48. The lowest BCUT2D eigenvalue weighted by atomic mass is 9.78. The summed E-state index contributed by atoms with van der Waals surface area (Å²) >= 11 is 0. The highest BCUT2D eigenvalue weighted by molar-refractivity contribution is 14.0. The van der Waals surface area contributed by atoms with Crippen LogP contribution in [-0.2, 0) is 4.74 Å². The van der Waals surface area contributed by atoms with Crippen LogP contribution in [0.5, 0.6) is 0 Å². The maximum atomic E-state index is 6.06. The second kappa shape index (κ2) is 11.3. The number of halogens is 1. The molecule has 2 atom stereocenters. The van der Waals surface area contributed by atoms with Gasteiger partial charge < -0.3 is 15.0 Å². The first-order valence-electron chi connectivity index (χ1n) is 8.54. The summed E-state index contributed by atoms with van der Waals surface area (Å²) in [7, 11) is 3.95. The van der Waals surface area contributed by atoms with Crippen LogP contribution < -0.4 is 5.32 Å². The second-order valence-electron chi connectivity index (χ2n) is 7.34. The van der Waals surface area contributed by atoms with Crippen molar-refractivity contribution >= 4 is 29.9 Å². The third kappa shape index (κ3) is 7.88. The Kier molecular flexibility index (Phi) is 11.1. The van der Waals surface area contributed by atoms with Gasteiger partial charge in [0.05, 0.1) is 6.10 Å². The molecule has 0 aliphatic carbocycles. The molecular formula is C18H36IN3O. The molecule has 4 nitrogen and oxygen atoms in total. The molecule has 1 N–H and O–H groups in total. The van der Waals surface area contributed by atoms with E-state index in [1.54, 1.807) is 0 Å². The number of nitrogens with one attached hydrogen (secondary N) is 1. The maximum absolute atomic E-state index is 6.06. The van der Waals surface area contributed by atoms with E-state index in [0.29, 0.717) is 12.0 Å². The van der Waals surface area contributed by atoms with Crippen molar-refractivity contribution in [2.24, 2.45) is 16.3 Å². The zero-order chi connectivity index (χ0) is 16.6. The van der Waals surface area contributed by atoms with Crippen molar-refractivity contribution in [1.29, 1.82) is 0 Å². The van der Waals surface area contributed by atoms with E-state index in [1.807, 2.05) is 13.1 Å². The molecule has 1 aliphatic heterocycles. The Morgan fingerprint density at radius 3 is 2.70 bits per heavy atom. The fourth-order valence-electron chi connectivity index (χ4n) is 3.20. The molecule has 0 spiro atoms. The SMILES string of the molecule is C=CCCCN(C)C(=NC)NCC1CCCOC1C(C)(C)C.I. The van der Waals surface area contributed by atoms with Crippen molar-refractivity contribution in [3.63, 3.8) is 0 Å². The van der Waals surface area contributed by atoms with Crippen LogP contribution in [0.1, 0.15) is 46.5 Å². The second-order valence-corrected chi connectivity index (χ2v) is 7.34. The topological polar surface area (TPSA) is 36.9 Å². The zero-order valence-corrected chi connectivity index (χ0v) is 17.9. The van der Waals surface area contributed by atoms with Gasteiger partial charge in [0.2, 0.25) is 0 Å². The van der Waals surface area contributed by atoms with Crippen molar-refractivity contribution in [2.75, 3.05) is 33.8 Å². The quantitative estimate of drug-likeness (QED) is 0.225. The van der Waals surface area contributed by atoms with Crippen LogP contribution in [0.3, 0.4) is 0 Å². The van der Waals surface area contributed by atoms with E-state index in [4.69, 9.17) is 4.74 Å². The minimum Gasteiger partial charge on any atom is -0.377 e.